The van der Waals surface area contributed by atoms with E-state index < -0.39 is 51.4 Å². The van der Waals surface area contributed by atoms with E-state index in [2.05, 4.69) is 4.18 Å². The van der Waals surface area contributed by atoms with Crippen molar-refractivity contribution in [2.75, 3.05) is 13.2 Å². The van der Waals surface area contributed by atoms with Gasteiger partial charge in [-0.05, 0) is 68.6 Å². The highest BCUT2D eigenvalue weighted by Gasteiger charge is 2.63. The third-order valence-electron chi connectivity index (χ3n) is 7.69. The normalized spacial score (nSPS) is 33.1. The molecule has 13 heteroatoms. The maximum atomic E-state index is 14.9. The van der Waals surface area contributed by atoms with Gasteiger partial charge in [0.25, 0.3) is 0 Å². The van der Waals surface area contributed by atoms with Crippen LogP contribution in [0.5, 0.6) is 0 Å². The quantitative estimate of drug-likeness (QED) is 0.229. The van der Waals surface area contributed by atoms with E-state index in [1.807, 2.05) is 0 Å². The molecule has 5 aliphatic rings. The monoisotopic (exact) mass is 548 g/mol. The van der Waals surface area contributed by atoms with Gasteiger partial charge in [-0.3, -0.25) is 4.18 Å². The highest BCUT2D eigenvalue weighted by molar-refractivity contribution is 7.88. The van der Waals surface area contributed by atoms with E-state index in [4.69, 9.17) is 14.2 Å². The van der Waals surface area contributed by atoms with Gasteiger partial charge in [0.15, 0.2) is 11.9 Å². The van der Waals surface area contributed by atoms with Crippen molar-refractivity contribution in [1.29, 1.82) is 0 Å². The third kappa shape index (κ3) is 5.68. The van der Waals surface area contributed by atoms with Crippen LogP contribution in [0.3, 0.4) is 0 Å². The predicted molar refractivity (Wildman–Crippen MR) is 115 cm³/mol. The molecule has 1 unspecified atom stereocenters. The number of carbonyl (C=O) groups excluding carboxylic acids is 1. The highest BCUT2D eigenvalue weighted by Crippen LogP contribution is 2.57. The zero-order valence-electron chi connectivity index (χ0n) is 20.3. The van der Waals surface area contributed by atoms with Gasteiger partial charge >= 0.3 is 27.5 Å². The first-order chi connectivity index (χ1) is 16.5. The van der Waals surface area contributed by atoms with Crippen LogP contribution in [0.1, 0.15) is 71.6 Å². The maximum Gasteiger partial charge on any atom is 0.466 e. The number of esters is 1. The number of rotatable bonds is 9. The van der Waals surface area contributed by atoms with Crippen molar-refractivity contribution in [1.82, 2.24) is 0 Å². The molecule has 4 aliphatic carbocycles. The van der Waals surface area contributed by atoms with E-state index >= 15 is 0 Å². The predicted octanol–water partition coefficient (Wildman–Crippen LogP) is 4.94. The Morgan fingerprint density at radius 3 is 1.89 bits per heavy atom. The Labute approximate surface area is 207 Å². The minimum atomic E-state index is -6.37. The van der Waals surface area contributed by atoms with Crippen molar-refractivity contribution in [3.8, 4) is 0 Å². The number of carbonyl (C=O) groups is 1. The van der Waals surface area contributed by atoms with E-state index in [0.29, 0.717) is 25.7 Å². The van der Waals surface area contributed by atoms with Crippen LogP contribution in [0.15, 0.2) is 0 Å². The number of halogens is 5. The average Bonchev–Trinajstić information content (AvgIpc) is 2.71. The first-order valence-corrected chi connectivity index (χ1v) is 13.8. The molecule has 4 bridgehead atoms. The molecule has 208 valence electrons. The van der Waals surface area contributed by atoms with Gasteiger partial charge in [0.1, 0.15) is 5.60 Å². The molecule has 1 aliphatic heterocycles. The van der Waals surface area contributed by atoms with Crippen LogP contribution < -0.4 is 0 Å². The van der Waals surface area contributed by atoms with Crippen molar-refractivity contribution in [3.05, 3.63) is 0 Å². The van der Waals surface area contributed by atoms with E-state index in [1.165, 1.54) is 0 Å². The fraction of sp³-hybridized carbons (Fsp3) is 0.957. The Hall–Kier alpha value is -1.05. The molecule has 1 saturated heterocycles. The summed E-state index contributed by atoms with van der Waals surface area (Å²) in [6, 6.07) is 0. The van der Waals surface area contributed by atoms with E-state index in [9.17, 15) is 35.2 Å². The molecule has 0 aromatic rings. The first-order valence-electron chi connectivity index (χ1n) is 12.4. The molecule has 1 atom stereocenters. The van der Waals surface area contributed by atoms with Crippen LogP contribution in [0.25, 0.3) is 0 Å². The van der Waals surface area contributed by atoms with Crippen molar-refractivity contribution in [2.45, 2.75) is 101 Å². The fourth-order valence-corrected chi connectivity index (χ4v) is 7.62. The smallest absolute Gasteiger partial charge is 0.454 e. The lowest BCUT2D eigenvalue weighted by atomic mass is 9.54. The summed E-state index contributed by atoms with van der Waals surface area (Å²) in [7, 11) is -6.37. The minimum Gasteiger partial charge on any atom is -0.454 e. The van der Waals surface area contributed by atoms with Gasteiger partial charge in [-0.15, -0.1) is 0 Å². The minimum absolute atomic E-state index is 0.0482. The molecule has 7 nitrogen and oxygen atoms in total. The van der Waals surface area contributed by atoms with E-state index in [-0.39, 0.29) is 43.3 Å². The second-order valence-electron chi connectivity index (χ2n) is 11.4. The van der Waals surface area contributed by atoms with Crippen LogP contribution >= 0.6 is 0 Å². The molecule has 1 heterocycles. The van der Waals surface area contributed by atoms with Gasteiger partial charge in [0, 0.05) is 12.8 Å². The molecule has 0 aromatic carbocycles. The number of ether oxygens (including phenoxy) is 3. The van der Waals surface area contributed by atoms with Crippen LogP contribution in [0.4, 0.5) is 22.0 Å². The zero-order chi connectivity index (χ0) is 26.6. The van der Waals surface area contributed by atoms with Gasteiger partial charge in [-0.1, -0.05) is 13.8 Å². The molecule has 4 saturated carbocycles. The summed E-state index contributed by atoms with van der Waals surface area (Å²) in [5.41, 5.74) is -1.21. The zero-order valence-corrected chi connectivity index (χ0v) is 21.1. The molecule has 36 heavy (non-hydrogen) atoms. The topological polar surface area (TPSA) is 88.1 Å². The number of hydrogen-bond donors (Lipinski definition) is 0. The fourth-order valence-electron chi connectivity index (χ4n) is 6.77. The summed E-state index contributed by atoms with van der Waals surface area (Å²) in [5.74, 6) is -3.87. The van der Waals surface area contributed by atoms with Gasteiger partial charge in [-0.2, -0.15) is 30.4 Å². The van der Waals surface area contributed by atoms with Crippen LogP contribution in [0.2, 0.25) is 0 Å². The standard InChI is InChI=1S/C23H33F5O7S/c1-14(2)9-21(32-4-3-5-33-21)13-18(22(24,25)26)35-36(30,31)23(27,28)19(29)34-20-10-15-6-16(11-20)8-17(7-15)12-20/h14-18H,3-13H2,1-2H3. The average molecular weight is 549 g/mol. The lowest BCUT2D eigenvalue weighted by Crippen LogP contribution is -2.56. The number of alkyl halides is 5. The molecular formula is C23H33F5O7S. The Balaban J connectivity index is 1.51. The Morgan fingerprint density at radius 2 is 1.44 bits per heavy atom. The summed E-state index contributed by atoms with van der Waals surface area (Å²) >= 11 is 0. The van der Waals surface area contributed by atoms with Crippen molar-refractivity contribution in [2.24, 2.45) is 23.7 Å². The Kier molecular flexibility index (Phi) is 7.46. The lowest BCUT2D eigenvalue weighted by Gasteiger charge is -2.55. The maximum absolute atomic E-state index is 14.9. The first kappa shape index (κ1) is 28.0. The van der Waals surface area contributed by atoms with Crippen molar-refractivity contribution in [3.63, 3.8) is 0 Å². The van der Waals surface area contributed by atoms with Gasteiger partial charge in [-0.25, -0.2) is 4.79 Å². The number of hydrogen-bond acceptors (Lipinski definition) is 7. The Bertz CT molecular complexity index is 892. The molecular weight excluding hydrogens is 515 g/mol. The van der Waals surface area contributed by atoms with Crippen molar-refractivity contribution >= 4 is 16.1 Å². The SMILES string of the molecule is CC(C)CC1(CC(OS(=O)(=O)C(F)(F)C(=O)OC23CC4CC(CC(C4)C2)C3)C(F)(F)F)OCCCO1. The molecule has 0 aromatic heterocycles. The molecule has 5 fully saturated rings. The molecule has 0 N–H and O–H groups in total. The summed E-state index contributed by atoms with van der Waals surface area (Å²) in [6.45, 7) is 3.49. The lowest BCUT2D eigenvalue weighted by molar-refractivity contribution is -0.302. The summed E-state index contributed by atoms with van der Waals surface area (Å²) < 4.78 is 116. The molecule has 0 amide bonds. The van der Waals surface area contributed by atoms with Crippen LogP contribution in [0, 0.1) is 23.7 Å². The Morgan fingerprint density at radius 1 is 0.944 bits per heavy atom. The molecule has 5 rings (SSSR count). The van der Waals surface area contributed by atoms with Crippen molar-refractivity contribution < 1.29 is 53.6 Å². The molecule has 0 spiro atoms. The van der Waals surface area contributed by atoms with E-state index in [1.54, 1.807) is 13.8 Å². The van der Waals surface area contributed by atoms with Crippen LogP contribution in [-0.4, -0.2) is 56.5 Å². The summed E-state index contributed by atoms with van der Waals surface area (Å²) in [5, 5.41) is -5.32. The summed E-state index contributed by atoms with van der Waals surface area (Å²) in [6.07, 6.45) is -5.64. The second-order valence-corrected chi connectivity index (χ2v) is 13.0. The highest BCUT2D eigenvalue weighted by atomic mass is 32.2. The van der Waals surface area contributed by atoms with Gasteiger partial charge in [0.2, 0.25) is 0 Å². The summed E-state index contributed by atoms with van der Waals surface area (Å²) in [4.78, 5) is 12.5. The second kappa shape index (κ2) is 9.60. The van der Waals surface area contributed by atoms with Crippen LogP contribution in [-0.2, 0) is 33.3 Å². The van der Waals surface area contributed by atoms with E-state index in [0.717, 1.165) is 19.3 Å². The molecule has 0 radical (unpaired) electrons. The largest absolute Gasteiger partial charge is 0.466 e. The van der Waals surface area contributed by atoms with Gasteiger partial charge < -0.3 is 14.2 Å². The third-order valence-corrected chi connectivity index (χ3v) is 8.97. The van der Waals surface area contributed by atoms with Gasteiger partial charge in [0.05, 0.1) is 13.2 Å².